The molecule has 0 atom stereocenters. The number of aromatic nitrogens is 2. The summed E-state index contributed by atoms with van der Waals surface area (Å²) in [5.74, 6) is -1.67. The van der Waals surface area contributed by atoms with Crippen molar-refractivity contribution in [2.24, 2.45) is 5.73 Å². The third-order valence-corrected chi connectivity index (χ3v) is 10.0. The van der Waals surface area contributed by atoms with E-state index in [4.69, 9.17) is 10.8 Å². The summed E-state index contributed by atoms with van der Waals surface area (Å²) < 4.78 is 42.6. The van der Waals surface area contributed by atoms with Gasteiger partial charge in [-0.3, -0.25) is 28.3 Å². The van der Waals surface area contributed by atoms with Crippen LogP contribution in [0, 0.1) is 5.82 Å². The Labute approximate surface area is 282 Å². The number of primary amides is 1. The van der Waals surface area contributed by atoms with Crippen LogP contribution >= 0.6 is 0 Å². The lowest BCUT2D eigenvalue weighted by molar-refractivity contribution is 0.0653. The molecule has 7 rings (SSSR count). The van der Waals surface area contributed by atoms with E-state index in [2.05, 4.69) is 5.32 Å². The van der Waals surface area contributed by atoms with E-state index >= 15 is 0 Å². The highest BCUT2D eigenvalue weighted by Gasteiger charge is 2.36. The minimum Gasteiger partial charge on any atom is -0.364 e. The highest BCUT2D eigenvalue weighted by molar-refractivity contribution is 7.92. The molecule has 0 spiro atoms. The van der Waals surface area contributed by atoms with E-state index in [1.165, 1.54) is 21.1 Å². The van der Waals surface area contributed by atoms with Crippen molar-refractivity contribution in [2.75, 3.05) is 29.0 Å². The highest BCUT2D eigenvalue weighted by atomic mass is 32.2. The second-order valence-electron chi connectivity index (χ2n) is 12.4. The minimum atomic E-state index is -3.79. The Kier molecular flexibility index (Phi) is 8.15. The van der Waals surface area contributed by atoms with E-state index in [-0.39, 0.29) is 43.5 Å². The van der Waals surface area contributed by atoms with Gasteiger partial charge in [0, 0.05) is 29.9 Å². The quantitative estimate of drug-likeness (QED) is 0.168. The number of nitrogens with one attached hydrogen (secondary N) is 1. The van der Waals surface area contributed by atoms with Crippen molar-refractivity contribution in [1.82, 2.24) is 14.7 Å². The summed E-state index contributed by atoms with van der Waals surface area (Å²) >= 11 is 0. The van der Waals surface area contributed by atoms with Crippen LogP contribution in [-0.4, -0.2) is 60.2 Å². The number of fused-ring (bicyclic) bond motifs is 2. The summed E-state index contributed by atoms with van der Waals surface area (Å²) in [7, 11) is -3.79. The molecule has 0 bridgehead atoms. The zero-order chi connectivity index (χ0) is 34.4. The van der Waals surface area contributed by atoms with E-state index < -0.39 is 27.7 Å². The number of rotatable bonds is 12. The zero-order valence-corrected chi connectivity index (χ0v) is 27.4. The number of nitrogens with zero attached hydrogens (tertiary/aromatic N) is 4. The van der Waals surface area contributed by atoms with Gasteiger partial charge in [-0.15, -0.1) is 0 Å². The molecule has 3 N–H and O–H groups in total. The van der Waals surface area contributed by atoms with E-state index in [9.17, 15) is 27.2 Å². The molecule has 49 heavy (non-hydrogen) atoms. The number of amides is 3. The van der Waals surface area contributed by atoms with Crippen LogP contribution in [0.2, 0.25) is 0 Å². The molecule has 0 radical (unpaired) electrons. The van der Waals surface area contributed by atoms with Crippen molar-refractivity contribution in [2.45, 2.75) is 31.7 Å². The average Bonchev–Trinajstić information content (AvgIpc) is 3.81. The largest absolute Gasteiger partial charge is 0.364 e. The first kappa shape index (κ1) is 32.0. The number of carbonyl (C=O) groups excluding carboxylic acids is 3. The maximum absolute atomic E-state index is 13.3. The summed E-state index contributed by atoms with van der Waals surface area (Å²) in [4.78, 5) is 39.7. The van der Waals surface area contributed by atoms with Crippen molar-refractivity contribution in [3.63, 3.8) is 0 Å². The number of benzene rings is 4. The minimum absolute atomic E-state index is 0.0269. The van der Waals surface area contributed by atoms with Gasteiger partial charge in [-0.1, -0.05) is 24.3 Å². The van der Waals surface area contributed by atoms with Crippen molar-refractivity contribution < 1.29 is 27.2 Å². The number of hydrogen-bond donors (Lipinski definition) is 2. The van der Waals surface area contributed by atoms with E-state index in [0.29, 0.717) is 27.7 Å². The summed E-state index contributed by atoms with van der Waals surface area (Å²) in [6.45, 7) is 0.311. The van der Waals surface area contributed by atoms with Gasteiger partial charge in [-0.2, -0.15) is 5.10 Å². The Hall–Kier alpha value is -5.56. The standard InChI is InChI=1S/C36H33FN6O5S/c1-49(47,48)43(18-4-17-41-35(45)27-5-2-3-6-28(27)36(41)46)32-20-31-30(19-29(32)23-9-10-23)33(34(38)44)42(40-31)21-22-7-13-25(14-8-22)39-26-15-11-24(37)12-16-26/h2-3,5-8,11-16,19-20,23,39H,4,9-10,17-18,21H2,1H3,(H2,38,44). The summed E-state index contributed by atoms with van der Waals surface area (Å²) in [6, 6.07) is 23.6. The van der Waals surface area contributed by atoms with Gasteiger partial charge in [0.2, 0.25) is 10.0 Å². The molecule has 13 heteroatoms. The molecule has 11 nitrogen and oxygen atoms in total. The molecule has 1 saturated carbocycles. The van der Waals surface area contributed by atoms with Gasteiger partial charge in [-0.25, -0.2) is 12.8 Å². The van der Waals surface area contributed by atoms with Crippen LogP contribution in [0.4, 0.5) is 21.5 Å². The van der Waals surface area contributed by atoms with Crippen LogP contribution in [0.3, 0.4) is 0 Å². The van der Waals surface area contributed by atoms with E-state index in [0.717, 1.165) is 46.5 Å². The fourth-order valence-corrected chi connectivity index (χ4v) is 7.32. The van der Waals surface area contributed by atoms with Gasteiger partial charge in [0.15, 0.2) is 0 Å². The Morgan fingerprint density at radius 3 is 2.14 bits per heavy atom. The third-order valence-electron chi connectivity index (χ3n) is 8.85. The smallest absolute Gasteiger partial charge is 0.267 e. The van der Waals surface area contributed by atoms with Gasteiger partial charge < -0.3 is 11.1 Å². The van der Waals surface area contributed by atoms with Crippen LogP contribution in [0.1, 0.15) is 67.5 Å². The van der Waals surface area contributed by atoms with Crippen molar-refractivity contribution in [1.29, 1.82) is 0 Å². The molecule has 1 aliphatic carbocycles. The van der Waals surface area contributed by atoms with Crippen LogP contribution in [0.25, 0.3) is 10.9 Å². The second kappa shape index (κ2) is 12.5. The summed E-state index contributed by atoms with van der Waals surface area (Å²) in [5, 5.41) is 8.45. The maximum atomic E-state index is 13.3. The van der Waals surface area contributed by atoms with Crippen LogP contribution in [0.15, 0.2) is 84.9 Å². The molecular weight excluding hydrogens is 647 g/mol. The number of halogens is 1. The molecule has 4 aromatic carbocycles. The number of sulfonamides is 1. The normalized spacial score (nSPS) is 14.4. The molecule has 3 amide bonds. The number of nitrogens with two attached hydrogens (primary N) is 1. The second-order valence-corrected chi connectivity index (χ2v) is 14.3. The lowest BCUT2D eigenvalue weighted by atomic mass is 10.0. The monoisotopic (exact) mass is 680 g/mol. The fourth-order valence-electron chi connectivity index (χ4n) is 6.34. The Balaban J connectivity index is 1.16. The number of hydrogen-bond acceptors (Lipinski definition) is 7. The van der Waals surface area contributed by atoms with E-state index in [1.807, 2.05) is 30.3 Å². The Bertz CT molecular complexity index is 2200. The van der Waals surface area contributed by atoms with Gasteiger partial charge in [0.1, 0.15) is 11.5 Å². The maximum Gasteiger partial charge on any atom is 0.267 e. The first-order valence-electron chi connectivity index (χ1n) is 15.9. The molecule has 2 aliphatic rings. The molecule has 0 unspecified atom stereocenters. The summed E-state index contributed by atoms with van der Waals surface area (Å²) in [5.41, 5.74) is 10.8. The van der Waals surface area contributed by atoms with Crippen molar-refractivity contribution >= 4 is 55.7 Å². The topological polar surface area (TPSA) is 148 Å². The molecule has 1 aromatic heterocycles. The van der Waals surface area contributed by atoms with Crippen LogP contribution < -0.4 is 15.4 Å². The predicted octanol–water partition coefficient (Wildman–Crippen LogP) is 5.40. The first-order valence-corrected chi connectivity index (χ1v) is 17.7. The molecule has 5 aromatic rings. The number of anilines is 3. The van der Waals surface area contributed by atoms with E-state index in [1.54, 1.807) is 42.5 Å². The van der Waals surface area contributed by atoms with Gasteiger partial charge in [-0.05, 0) is 97.0 Å². The van der Waals surface area contributed by atoms with Crippen molar-refractivity contribution in [3.8, 4) is 0 Å². The van der Waals surface area contributed by atoms with Gasteiger partial charge in [0.25, 0.3) is 17.7 Å². The highest BCUT2D eigenvalue weighted by Crippen LogP contribution is 2.46. The molecule has 1 fully saturated rings. The molecule has 250 valence electrons. The van der Waals surface area contributed by atoms with Crippen molar-refractivity contribution in [3.05, 3.63) is 119 Å². The van der Waals surface area contributed by atoms with Crippen LogP contribution in [0.5, 0.6) is 0 Å². The molecule has 1 aliphatic heterocycles. The lowest BCUT2D eigenvalue weighted by Crippen LogP contribution is -2.36. The Morgan fingerprint density at radius 2 is 1.57 bits per heavy atom. The first-order chi connectivity index (χ1) is 23.5. The third kappa shape index (κ3) is 6.36. The molecule has 2 heterocycles. The predicted molar refractivity (Wildman–Crippen MR) is 184 cm³/mol. The fraction of sp³-hybridized carbons (Fsp3) is 0.222. The Morgan fingerprint density at radius 1 is 0.959 bits per heavy atom. The van der Waals surface area contributed by atoms with Crippen LogP contribution in [-0.2, 0) is 16.6 Å². The number of carbonyl (C=O) groups is 3. The summed E-state index contributed by atoms with van der Waals surface area (Å²) in [6.07, 6.45) is 3.07. The lowest BCUT2D eigenvalue weighted by Gasteiger charge is -2.26. The van der Waals surface area contributed by atoms with Gasteiger partial charge in [0.05, 0.1) is 35.1 Å². The number of imide groups is 1. The SMILES string of the molecule is CS(=O)(=O)N(CCCN1C(=O)c2ccccc2C1=O)c1cc2nn(Cc3ccc(Nc4ccc(F)cc4)cc3)c(C(N)=O)c2cc1C1CC1. The molecule has 0 saturated heterocycles. The average molecular weight is 681 g/mol. The zero-order valence-electron chi connectivity index (χ0n) is 26.6. The molecular formula is C36H33FN6O5S. The van der Waals surface area contributed by atoms with Gasteiger partial charge >= 0.3 is 0 Å².